The summed E-state index contributed by atoms with van der Waals surface area (Å²) < 4.78 is 0. The number of hydrazine groups is 1. The van der Waals surface area contributed by atoms with Crippen LogP contribution in [0.4, 0.5) is 4.79 Å². The Hall–Kier alpha value is -2.90. The van der Waals surface area contributed by atoms with E-state index in [1.54, 1.807) is 37.3 Å². The lowest BCUT2D eigenvalue weighted by molar-refractivity contribution is -0.138. The van der Waals surface area contributed by atoms with Crippen LogP contribution >= 0.6 is 11.6 Å². The molecule has 1 saturated heterocycles. The molecule has 4 amide bonds. The largest absolute Gasteiger partial charge is 0.344 e. The van der Waals surface area contributed by atoms with Crippen molar-refractivity contribution in [3.8, 4) is 0 Å². The van der Waals surface area contributed by atoms with Crippen molar-refractivity contribution in [1.29, 1.82) is 0 Å². The standard InChI is InChI=1S/C20H21ClN4O3/c1-13(15-10-6-7-11-16(15)21)22-12-17(26)24-25-18(27)20(2,23-19(25)28)14-8-4-3-5-9-14/h3-11,13,22H,12H2,1-2H3,(H,23,28)(H,24,26)/t13-,20-/m1/s1. The number of rotatable bonds is 6. The molecule has 1 fully saturated rings. The number of hydrogen-bond donors (Lipinski definition) is 3. The summed E-state index contributed by atoms with van der Waals surface area (Å²) in [4.78, 5) is 37.3. The molecule has 8 heteroatoms. The highest BCUT2D eigenvalue weighted by atomic mass is 35.5. The van der Waals surface area contributed by atoms with Crippen LogP contribution < -0.4 is 16.1 Å². The number of amides is 4. The second-order valence-corrected chi connectivity index (χ2v) is 7.13. The molecule has 0 bridgehead atoms. The molecule has 1 aliphatic heterocycles. The normalized spacial score (nSPS) is 20.0. The van der Waals surface area contributed by atoms with Crippen LogP contribution in [0.5, 0.6) is 0 Å². The number of carbonyl (C=O) groups excluding carboxylic acids is 3. The first-order chi connectivity index (χ1) is 13.3. The van der Waals surface area contributed by atoms with Gasteiger partial charge in [-0.2, -0.15) is 5.01 Å². The quantitative estimate of drug-likeness (QED) is 0.650. The summed E-state index contributed by atoms with van der Waals surface area (Å²) in [5.74, 6) is -1.06. The van der Waals surface area contributed by atoms with Gasteiger partial charge in [0, 0.05) is 11.1 Å². The summed E-state index contributed by atoms with van der Waals surface area (Å²) in [6.07, 6.45) is 0. The van der Waals surface area contributed by atoms with E-state index in [9.17, 15) is 14.4 Å². The van der Waals surface area contributed by atoms with Gasteiger partial charge >= 0.3 is 6.03 Å². The van der Waals surface area contributed by atoms with E-state index in [4.69, 9.17) is 11.6 Å². The van der Waals surface area contributed by atoms with Crippen LogP contribution in [-0.2, 0) is 15.1 Å². The Morgan fingerprint density at radius 1 is 1.14 bits per heavy atom. The van der Waals surface area contributed by atoms with Gasteiger partial charge in [-0.05, 0) is 31.0 Å². The van der Waals surface area contributed by atoms with Gasteiger partial charge in [0.25, 0.3) is 11.8 Å². The van der Waals surface area contributed by atoms with Crippen LogP contribution in [-0.4, -0.2) is 29.4 Å². The molecule has 1 aliphatic rings. The molecule has 0 unspecified atom stereocenters. The lowest BCUT2D eigenvalue weighted by Gasteiger charge is -2.22. The summed E-state index contributed by atoms with van der Waals surface area (Å²) >= 11 is 6.15. The van der Waals surface area contributed by atoms with Gasteiger partial charge in [0.15, 0.2) is 0 Å². The summed E-state index contributed by atoms with van der Waals surface area (Å²) in [6, 6.07) is 15.3. The Morgan fingerprint density at radius 2 is 1.79 bits per heavy atom. The molecule has 2 aromatic rings. The van der Waals surface area contributed by atoms with Crippen molar-refractivity contribution in [3.63, 3.8) is 0 Å². The fraction of sp³-hybridized carbons (Fsp3) is 0.250. The minimum atomic E-state index is -1.23. The van der Waals surface area contributed by atoms with E-state index in [0.717, 1.165) is 10.6 Å². The minimum Gasteiger partial charge on any atom is -0.318 e. The topological polar surface area (TPSA) is 90.5 Å². The maximum Gasteiger partial charge on any atom is 0.344 e. The Labute approximate surface area is 168 Å². The van der Waals surface area contributed by atoms with Gasteiger partial charge in [-0.25, -0.2) is 4.79 Å². The van der Waals surface area contributed by atoms with Crippen molar-refractivity contribution in [1.82, 2.24) is 21.1 Å². The third-order valence-corrected chi connectivity index (χ3v) is 5.06. The van der Waals surface area contributed by atoms with Crippen LogP contribution in [0, 0.1) is 0 Å². The van der Waals surface area contributed by atoms with E-state index < -0.39 is 23.4 Å². The Balaban J connectivity index is 1.62. The lowest BCUT2D eigenvalue weighted by atomic mass is 9.92. The number of benzene rings is 2. The Bertz CT molecular complexity index is 905. The third kappa shape index (κ3) is 3.85. The highest BCUT2D eigenvalue weighted by molar-refractivity contribution is 6.31. The predicted molar refractivity (Wildman–Crippen MR) is 105 cm³/mol. The average molecular weight is 401 g/mol. The van der Waals surface area contributed by atoms with E-state index >= 15 is 0 Å². The van der Waals surface area contributed by atoms with E-state index in [-0.39, 0.29) is 12.6 Å². The van der Waals surface area contributed by atoms with Crippen molar-refractivity contribution < 1.29 is 14.4 Å². The maximum absolute atomic E-state index is 12.8. The van der Waals surface area contributed by atoms with Crippen LogP contribution in [0.25, 0.3) is 0 Å². The number of imide groups is 1. The first-order valence-electron chi connectivity index (χ1n) is 8.82. The lowest BCUT2D eigenvalue weighted by Crippen LogP contribution is -2.50. The number of hydrogen-bond acceptors (Lipinski definition) is 4. The molecule has 28 heavy (non-hydrogen) atoms. The molecule has 0 aromatic heterocycles. The second kappa shape index (κ2) is 8.00. The van der Waals surface area contributed by atoms with Crippen LogP contribution in [0.3, 0.4) is 0 Å². The predicted octanol–water partition coefficient (Wildman–Crippen LogP) is 2.49. The van der Waals surface area contributed by atoms with Crippen molar-refractivity contribution >= 4 is 29.4 Å². The van der Waals surface area contributed by atoms with Gasteiger partial charge in [-0.1, -0.05) is 60.1 Å². The molecule has 0 spiro atoms. The monoisotopic (exact) mass is 400 g/mol. The number of nitrogens with zero attached hydrogens (tertiary/aromatic N) is 1. The Kier molecular flexibility index (Phi) is 5.67. The van der Waals surface area contributed by atoms with Crippen LogP contribution in [0.2, 0.25) is 5.02 Å². The van der Waals surface area contributed by atoms with Crippen molar-refractivity contribution in [2.45, 2.75) is 25.4 Å². The highest BCUT2D eigenvalue weighted by Crippen LogP contribution is 2.27. The van der Waals surface area contributed by atoms with Gasteiger partial charge in [0.05, 0.1) is 6.54 Å². The van der Waals surface area contributed by atoms with Gasteiger partial charge in [0.1, 0.15) is 5.54 Å². The molecule has 3 rings (SSSR count). The van der Waals surface area contributed by atoms with Crippen LogP contribution in [0.15, 0.2) is 54.6 Å². The molecule has 0 aliphatic carbocycles. The summed E-state index contributed by atoms with van der Waals surface area (Å²) in [5, 5.41) is 6.98. The molecule has 1 heterocycles. The highest BCUT2D eigenvalue weighted by Gasteiger charge is 2.49. The van der Waals surface area contributed by atoms with Gasteiger partial charge in [-0.15, -0.1) is 0 Å². The average Bonchev–Trinajstić information content (AvgIpc) is 2.91. The molecule has 7 nitrogen and oxygen atoms in total. The first kappa shape index (κ1) is 19.9. The van der Waals surface area contributed by atoms with Gasteiger partial charge in [0.2, 0.25) is 0 Å². The van der Waals surface area contributed by atoms with Crippen LogP contribution in [0.1, 0.15) is 31.0 Å². The molecule has 0 radical (unpaired) electrons. The van der Waals surface area contributed by atoms with Gasteiger partial charge in [-0.3, -0.25) is 15.0 Å². The Morgan fingerprint density at radius 3 is 2.46 bits per heavy atom. The van der Waals surface area contributed by atoms with Crippen molar-refractivity contribution in [3.05, 3.63) is 70.7 Å². The number of carbonyl (C=O) groups is 3. The molecule has 2 aromatic carbocycles. The SMILES string of the molecule is C[C@@H](NCC(=O)NN1C(=O)N[C@](C)(c2ccccc2)C1=O)c1ccccc1Cl. The van der Waals surface area contributed by atoms with E-state index in [1.165, 1.54) is 0 Å². The smallest absolute Gasteiger partial charge is 0.318 e. The van der Waals surface area contributed by atoms with Crippen molar-refractivity contribution in [2.24, 2.45) is 0 Å². The molecular formula is C20H21ClN4O3. The fourth-order valence-corrected chi connectivity index (χ4v) is 3.35. The zero-order valence-electron chi connectivity index (χ0n) is 15.5. The summed E-state index contributed by atoms with van der Waals surface area (Å²) in [6.45, 7) is 3.38. The zero-order chi connectivity index (χ0) is 20.3. The molecule has 146 valence electrons. The second-order valence-electron chi connectivity index (χ2n) is 6.72. The number of halogens is 1. The maximum atomic E-state index is 12.8. The molecule has 0 saturated carbocycles. The summed E-state index contributed by atoms with van der Waals surface area (Å²) in [7, 11) is 0. The number of nitrogens with one attached hydrogen (secondary N) is 3. The van der Waals surface area contributed by atoms with E-state index in [1.807, 2.05) is 31.2 Å². The zero-order valence-corrected chi connectivity index (χ0v) is 16.3. The fourth-order valence-electron chi connectivity index (χ4n) is 3.05. The van der Waals surface area contributed by atoms with E-state index in [2.05, 4.69) is 16.1 Å². The molecular weight excluding hydrogens is 380 g/mol. The molecule has 3 N–H and O–H groups in total. The molecule has 2 atom stereocenters. The van der Waals surface area contributed by atoms with E-state index in [0.29, 0.717) is 10.6 Å². The van der Waals surface area contributed by atoms with Crippen molar-refractivity contribution in [2.75, 3.05) is 6.54 Å². The first-order valence-corrected chi connectivity index (χ1v) is 9.20. The minimum absolute atomic E-state index is 0.0918. The number of urea groups is 1. The third-order valence-electron chi connectivity index (χ3n) is 4.72. The van der Waals surface area contributed by atoms with Gasteiger partial charge < -0.3 is 10.6 Å². The summed E-state index contributed by atoms with van der Waals surface area (Å²) in [5.41, 5.74) is 2.62.